The van der Waals surface area contributed by atoms with Crippen molar-refractivity contribution < 1.29 is 24.3 Å². The normalized spacial score (nSPS) is 13.3. The molecule has 0 aromatic rings. The summed E-state index contributed by atoms with van der Waals surface area (Å²) in [4.78, 5) is 44.9. The highest BCUT2D eigenvalue weighted by Crippen LogP contribution is 2.11. The van der Waals surface area contributed by atoms with E-state index in [2.05, 4.69) is 5.32 Å². The van der Waals surface area contributed by atoms with E-state index in [9.17, 15) is 19.2 Å². The molecular weight excluding hydrogens is 262 g/mol. The zero-order chi connectivity index (χ0) is 15.7. The van der Waals surface area contributed by atoms with Crippen molar-refractivity contribution >= 4 is 23.4 Å². The van der Waals surface area contributed by atoms with Crippen LogP contribution in [0.1, 0.15) is 46.5 Å². The Labute approximate surface area is 118 Å². The summed E-state index contributed by atoms with van der Waals surface area (Å²) < 4.78 is 0. The predicted octanol–water partition coefficient (Wildman–Crippen LogP) is 1.18. The highest BCUT2D eigenvalue weighted by atomic mass is 16.4. The van der Waals surface area contributed by atoms with Crippen LogP contribution in [0, 0.1) is 11.8 Å². The molecule has 0 rings (SSSR count). The molecule has 0 saturated heterocycles. The van der Waals surface area contributed by atoms with Crippen molar-refractivity contribution in [3.05, 3.63) is 0 Å². The van der Waals surface area contributed by atoms with E-state index in [0.29, 0.717) is 6.42 Å². The van der Waals surface area contributed by atoms with E-state index in [-0.39, 0.29) is 49.2 Å². The fraction of sp³-hybridized carbons (Fsp3) is 0.714. The Morgan fingerprint density at radius 2 is 1.80 bits per heavy atom. The number of carbonyl (C=O) groups is 4. The predicted molar refractivity (Wildman–Crippen MR) is 73.1 cm³/mol. The molecule has 0 aliphatic heterocycles. The molecule has 0 spiro atoms. The number of nitrogens with one attached hydrogen (secondary N) is 1. The first-order chi connectivity index (χ1) is 9.27. The molecule has 0 fully saturated rings. The zero-order valence-electron chi connectivity index (χ0n) is 12.3. The minimum atomic E-state index is -0.942. The third-order valence-corrected chi connectivity index (χ3v) is 3.26. The minimum absolute atomic E-state index is 0.0578. The second kappa shape index (κ2) is 9.23. The van der Waals surface area contributed by atoms with Crippen molar-refractivity contribution in [3.63, 3.8) is 0 Å². The first kappa shape index (κ1) is 18.3. The van der Waals surface area contributed by atoms with Gasteiger partial charge in [0.05, 0.1) is 6.54 Å². The standard InChI is InChI=1S/C14H23NO5/c1-4-11(5-6-13(18)19)14(20)15-8-12(17)7-9(2)10(3)16/h9,11H,4-8H2,1-3H3,(H,15,20)(H,18,19)/t9-,11-/m0/s1. The van der Waals surface area contributed by atoms with Crippen LogP contribution in [-0.4, -0.2) is 35.1 Å². The van der Waals surface area contributed by atoms with Gasteiger partial charge in [-0.1, -0.05) is 13.8 Å². The van der Waals surface area contributed by atoms with E-state index >= 15 is 0 Å². The van der Waals surface area contributed by atoms with Crippen molar-refractivity contribution in [1.29, 1.82) is 0 Å². The maximum atomic E-state index is 11.8. The number of Topliss-reactive ketones (excluding diaryl/α,β-unsaturated/α-hetero) is 2. The monoisotopic (exact) mass is 285 g/mol. The van der Waals surface area contributed by atoms with Gasteiger partial charge in [0.2, 0.25) is 5.91 Å². The van der Waals surface area contributed by atoms with Crippen molar-refractivity contribution in [1.82, 2.24) is 5.32 Å². The van der Waals surface area contributed by atoms with Gasteiger partial charge in [0.25, 0.3) is 0 Å². The van der Waals surface area contributed by atoms with Crippen LogP contribution in [0.15, 0.2) is 0 Å². The maximum absolute atomic E-state index is 11.8. The van der Waals surface area contributed by atoms with Gasteiger partial charge in [-0.25, -0.2) is 0 Å². The van der Waals surface area contributed by atoms with Crippen LogP contribution in [-0.2, 0) is 19.2 Å². The lowest BCUT2D eigenvalue weighted by Gasteiger charge is -2.14. The largest absolute Gasteiger partial charge is 0.481 e. The molecule has 1 amide bonds. The van der Waals surface area contributed by atoms with Gasteiger partial charge in [-0.05, 0) is 19.8 Å². The van der Waals surface area contributed by atoms with E-state index in [1.54, 1.807) is 13.8 Å². The molecule has 20 heavy (non-hydrogen) atoms. The van der Waals surface area contributed by atoms with Gasteiger partial charge in [0.1, 0.15) is 5.78 Å². The number of ketones is 2. The van der Waals surface area contributed by atoms with Crippen LogP contribution < -0.4 is 5.32 Å². The van der Waals surface area contributed by atoms with E-state index < -0.39 is 11.9 Å². The Morgan fingerprint density at radius 1 is 1.20 bits per heavy atom. The first-order valence-corrected chi connectivity index (χ1v) is 6.79. The fourth-order valence-electron chi connectivity index (χ4n) is 1.71. The molecule has 0 heterocycles. The van der Waals surface area contributed by atoms with Gasteiger partial charge in [0, 0.05) is 24.7 Å². The van der Waals surface area contributed by atoms with Crippen molar-refractivity contribution in [2.75, 3.05) is 6.54 Å². The second-order valence-electron chi connectivity index (χ2n) is 5.01. The van der Waals surface area contributed by atoms with Crippen LogP contribution in [0.2, 0.25) is 0 Å². The van der Waals surface area contributed by atoms with Crippen LogP contribution in [0.3, 0.4) is 0 Å². The number of carboxylic acids is 1. The van der Waals surface area contributed by atoms with E-state index in [1.165, 1.54) is 6.92 Å². The zero-order valence-corrected chi connectivity index (χ0v) is 12.3. The Bertz CT molecular complexity index is 378. The van der Waals surface area contributed by atoms with E-state index in [0.717, 1.165) is 0 Å². The second-order valence-corrected chi connectivity index (χ2v) is 5.01. The molecule has 0 bridgehead atoms. The quantitative estimate of drug-likeness (QED) is 0.627. The first-order valence-electron chi connectivity index (χ1n) is 6.79. The Hall–Kier alpha value is -1.72. The Kier molecular flexibility index (Phi) is 8.43. The molecule has 0 aliphatic rings. The Morgan fingerprint density at radius 3 is 2.25 bits per heavy atom. The third kappa shape index (κ3) is 7.66. The summed E-state index contributed by atoms with van der Waals surface area (Å²) in [6.07, 6.45) is 0.829. The number of amides is 1. The average molecular weight is 285 g/mol. The average Bonchev–Trinajstić information content (AvgIpc) is 2.36. The summed E-state index contributed by atoms with van der Waals surface area (Å²) in [7, 11) is 0. The van der Waals surface area contributed by atoms with Gasteiger partial charge in [-0.15, -0.1) is 0 Å². The van der Waals surface area contributed by atoms with E-state index in [1.807, 2.05) is 0 Å². The smallest absolute Gasteiger partial charge is 0.303 e. The molecule has 0 unspecified atom stereocenters. The van der Waals surface area contributed by atoms with Gasteiger partial charge in [-0.2, -0.15) is 0 Å². The van der Waals surface area contributed by atoms with E-state index in [4.69, 9.17) is 5.11 Å². The van der Waals surface area contributed by atoms with Gasteiger partial charge in [0.15, 0.2) is 5.78 Å². The van der Waals surface area contributed by atoms with Crippen LogP contribution in [0.4, 0.5) is 0 Å². The molecule has 6 nitrogen and oxygen atoms in total. The van der Waals surface area contributed by atoms with Gasteiger partial charge in [-0.3, -0.25) is 19.2 Å². The lowest BCUT2D eigenvalue weighted by Crippen LogP contribution is -2.35. The third-order valence-electron chi connectivity index (χ3n) is 3.26. The molecule has 2 N–H and O–H groups in total. The lowest BCUT2D eigenvalue weighted by molar-refractivity contribution is -0.137. The molecular formula is C14H23NO5. The number of hydrogen-bond donors (Lipinski definition) is 2. The van der Waals surface area contributed by atoms with Crippen molar-refractivity contribution in [2.24, 2.45) is 11.8 Å². The molecule has 0 saturated carbocycles. The SMILES string of the molecule is CC[C@@H](CCC(=O)O)C(=O)NCC(=O)C[C@H](C)C(C)=O. The summed E-state index contributed by atoms with van der Waals surface area (Å²) in [5, 5.41) is 11.1. The topological polar surface area (TPSA) is 101 Å². The lowest BCUT2D eigenvalue weighted by atomic mass is 9.98. The molecule has 0 aromatic heterocycles. The Balaban J connectivity index is 4.15. The fourth-order valence-corrected chi connectivity index (χ4v) is 1.71. The van der Waals surface area contributed by atoms with Gasteiger partial charge >= 0.3 is 5.97 Å². The molecule has 114 valence electrons. The highest BCUT2D eigenvalue weighted by Gasteiger charge is 2.19. The molecule has 2 atom stereocenters. The molecule has 0 radical (unpaired) electrons. The number of rotatable bonds is 10. The summed E-state index contributed by atoms with van der Waals surface area (Å²) in [5.74, 6) is -2.25. The summed E-state index contributed by atoms with van der Waals surface area (Å²) in [5.41, 5.74) is 0. The minimum Gasteiger partial charge on any atom is -0.481 e. The molecule has 0 aliphatic carbocycles. The summed E-state index contributed by atoms with van der Waals surface area (Å²) >= 11 is 0. The number of hydrogen-bond acceptors (Lipinski definition) is 4. The van der Waals surface area contributed by atoms with Crippen LogP contribution in [0.25, 0.3) is 0 Å². The highest BCUT2D eigenvalue weighted by molar-refractivity contribution is 5.90. The van der Waals surface area contributed by atoms with Crippen molar-refractivity contribution in [2.45, 2.75) is 46.5 Å². The number of carboxylic acid groups (broad SMARTS) is 1. The summed E-state index contributed by atoms with van der Waals surface area (Å²) in [6.45, 7) is 4.78. The summed E-state index contributed by atoms with van der Waals surface area (Å²) in [6, 6.07) is 0. The molecule has 6 heteroatoms. The van der Waals surface area contributed by atoms with Crippen molar-refractivity contribution in [3.8, 4) is 0 Å². The maximum Gasteiger partial charge on any atom is 0.303 e. The number of aliphatic carboxylic acids is 1. The molecule has 0 aromatic carbocycles. The van der Waals surface area contributed by atoms with Gasteiger partial charge < -0.3 is 10.4 Å². The number of carbonyl (C=O) groups excluding carboxylic acids is 3. The van der Waals surface area contributed by atoms with Crippen LogP contribution >= 0.6 is 0 Å². The van der Waals surface area contributed by atoms with Crippen LogP contribution in [0.5, 0.6) is 0 Å².